The zero-order valence-electron chi connectivity index (χ0n) is 9.53. The minimum absolute atomic E-state index is 0.373. The third-order valence-electron chi connectivity index (χ3n) is 4.67. The van der Waals surface area contributed by atoms with Gasteiger partial charge in [-0.2, -0.15) is 5.26 Å². The molecule has 0 spiro atoms. The molecule has 5 atom stereocenters. The second-order valence-electron chi connectivity index (χ2n) is 5.75. The van der Waals surface area contributed by atoms with E-state index in [-0.39, 0.29) is 0 Å². The summed E-state index contributed by atoms with van der Waals surface area (Å²) in [5, 5.41) is 9.15. The van der Waals surface area contributed by atoms with Gasteiger partial charge in [0.1, 0.15) is 0 Å². The summed E-state index contributed by atoms with van der Waals surface area (Å²) in [5.41, 5.74) is 0. The predicted molar refractivity (Wildman–Crippen MR) is 57.4 cm³/mol. The fraction of sp³-hybridized carbons (Fsp3) is 0.923. The maximum Gasteiger partial charge on any atom is 0.0658 e. The molecule has 3 saturated carbocycles. The number of hydrogen-bond acceptors (Lipinski definition) is 1. The van der Waals surface area contributed by atoms with E-state index in [2.05, 4.69) is 26.8 Å². The molecule has 0 aromatic carbocycles. The lowest BCUT2D eigenvalue weighted by molar-refractivity contribution is -0.00274. The highest BCUT2D eigenvalue weighted by Gasteiger charge is 2.46. The van der Waals surface area contributed by atoms with Crippen LogP contribution < -0.4 is 0 Å². The van der Waals surface area contributed by atoms with Gasteiger partial charge in [-0.3, -0.25) is 0 Å². The minimum atomic E-state index is 0.373. The van der Waals surface area contributed by atoms with Crippen molar-refractivity contribution in [1.29, 1.82) is 5.26 Å². The van der Waals surface area contributed by atoms with Crippen LogP contribution in [0.1, 0.15) is 40.0 Å². The summed E-state index contributed by atoms with van der Waals surface area (Å²) in [7, 11) is 0. The lowest BCUT2D eigenvalue weighted by atomic mass is 9.54. The molecule has 3 fully saturated rings. The second kappa shape index (κ2) is 3.57. The van der Waals surface area contributed by atoms with Gasteiger partial charge in [0.25, 0.3) is 0 Å². The first-order valence-electron chi connectivity index (χ1n) is 6.03. The molecular weight excluding hydrogens is 170 g/mol. The first-order valence-corrected chi connectivity index (χ1v) is 6.03. The summed E-state index contributed by atoms with van der Waals surface area (Å²) in [6.45, 7) is 7.02. The lowest BCUT2D eigenvalue weighted by Gasteiger charge is -2.50. The maximum atomic E-state index is 9.15. The topological polar surface area (TPSA) is 23.8 Å². The Bertz CT molecular complexity index is 250. The molecule has 0 aliphatic heterocycles. The van der Waals surface area contributed by atoms with Crippen LogP contribution in [0.5, 0.6) is 0 Å². The van der Waals surface area contributed by atoms with Crippen molar-refractivity contribution in [3.05, 3.63) is 0 Å². The Morgan fingerprint density at radius 3 is 2.43 bits per heavy atom. The zero-order chi connectivity index (χ0) is 10.3. The normalized spacial score (nSPS) is 46.6. The van der Waals surface area contributed by atoms with Crippen molar-refractivity contribution in [3.8, 4) is 6.07 Å². The monoisotopic (exact) mass is 191 g/mol. The highest BCUT2D eigenvalue weighted by atomic mass is 14.5. The van der Waals surface area contributed by atoms with Crippen LogP contribution in [0, 0.1) is 46.8 Å². The van der Waals surface area contributed by atoms with E-state index in [1.165, 1.54) is 19.3 Å². The van der Waals surface area contributed by atoms with Gasteiger partial charge in [-0.15, -0.1) is 0 Å². The standard InChI is InChI=1S/C13H21N/c1-8(2)12-6-10-5-11(7-14)13(12)4-9(10)3/h8-13H,4-6H2,1-3H3/t9-,10-,11+,12+,13-/m1/s1. The second-order valence-corrected chi connectivity index (χ2v) is 5.75. The van der Waals surface area contributed by atoms with Gasteiger partial charge in [0.05, 0.1) is 6.07 Å². The van der Waals surface area contributed by atoms with Crippen LogP contribution in [0.4, 0.5) is 0 Å². The molecule has 0 radical (unpaired) electrons. The van der Waals surface area contributed by atoms with Crippen molar-refractivity contribution < 1.29 is 0 Å². The van der Waals surface area contributed by atoms with Crippen LogP contribution in [-0.2, 0) is 0 Å². The van der Waals surface area contributed by atoms with Gasteiger partial charge in [0.15, 0.2) is 0 Å². The summed E-state index contributed by atoms with van der Waals surface area (Å²) < 4.78 is 0. The molecule has 1 heteroatoms. The predicted octanol–water partition coefficient (Wildman–Crippen LogP) is 3.46. The molecule has 0 aromatic heterocycles. The van der Waals surface area contributed by atoms with Gasteiger partial charge < -0.3 is 0 Å². The Kier molecular flexibility index (Phi) is 2.56. The Morgan fingerprint density at radius 2 is 1.93 bits per heavy atom. The van der Waals surface area contributed by atoms with Gasteiger partial charge in [-0.25, -0.2) is 0 Å². The quantitative estimate of drug-likeness (QED) is 0.622. The SMILES string of the molecule is CC(C)[C@@H]1C[C@H]2C[C@@H](C#N)[C@H]1C[C@H]2C. The minimum Gasteiger partial charge on any atom is -0.198 e. The van der Waals surface area contributed by atoms with E-state index < -0.39 is 0 Å². The summed E-state index contributed by atoms with van der Waals surface area (Å²) >= 11 is 0. The molecular formula is C13H21N. The number of fused-ring (bicyclic) bond motifs is 3. The van der Waals surface area contributed by atoms with Gasteiger partial charge in [0.2, 0.25) is 0 Å². The van der Waals surface area contributed by atoms with Crippen LogP contribution in [0.15, 0.2) is 0 Å². The molecule has 0 heterocycles. The number of nitrogens with zero attached hydrogens (tertiary/aromatic N) is 1. The van der Waals surface area contributed by atoms with Crippen molar-refractivity contribution in [1.82, 2.24) is 0 Å². The van der Waals surface area contributed by atoms with Crippen LogP contribution in [0.2, 0.25) is 0 Å². The van der Waals surface area contributed by atoms with Crippen molar-refractivity contribution >= 4 is 0 Å². The molecule has 0 unspecified atom stereocenters. The van der Waals surface area contributed by atoms with E-state index in [9.17, 15) is 0 Å². The van der Waals surface area contributed by atoms with E-state index in [4.69, 9.17) is 5.26 Å². The van der Waals surface area contributed by atoms with Gasteiger partial charge in [0, 0.05) is 5.92 Å². The number of hydrogen-bond donors (Lipinski definition) is 0. The lowest BCUT2D eigenvalue weighted by Crippen LogP contribution is -2.43. The average molecular weight is 191 g/mol. The number of rotatable bonds is 1. The van der Waals surface area contributed by atoms with E-state index in [0.717, 1.165) is 23.7 Å². The summed E-state index contributed by atoms with van der Waals surface area (Å²) in [6, 6.07) is 2.54. The molecule has 1 nitrogen and oxygen atoms in total. The Labute approximate surface area is 87.5 Å². The van der Waals surface area contributed by atoms with E-state index >= 15 is 0 Å². The molecule has 3 aliphatic carbocycles. The van der Waals surface area contributed by atoms with Gasteiger partial charge >= 0.3 is 0 Å². The molecule has 3 rings (SSSR count). The summed E-state index contributed by atoms with van der Waals surface area (Å²) in [5.74, 6) is 4.40. The Balaban J connectivity index is 2.17. The third-order valence-corrected chi connectivity index (χ3v) is 4.67. The van der Waals surface area contributed by atoms with Crippen molar-refractivity contribution in [2.75, 3.05) is 0 Å². The summed E-state index contributed by atoms with van der Waals surface area (Å²) in [6.07, 6.45) is 3.89. The highest BCUT2D eigenvalue weighted by Crippen LogP contribution is 2.52. The maximum absolute atomic E-state index is 9.15. The first kappa shape index (κ1) is 10.0. The molecule has 78 valence electrons. The Hall–Kier alpha value is -0.510. The largest absolute Gasteiger partial charge is 0.198 e. The molecule has 0 N–H and O–H groups in total. The van der Waals surface area contributed by atoms with Crippen molar-refractivity contribution in [2.45, 2.75) is 40.0 Å². The molecule has 0 amide bonds. The smallest absolute Gasteiger partial charge is 0.0658 e. The first-order chi connectivity index (χ1) is 6.63. The average Bonchev–Trinajstić information content (AvgIpc) is 2.17. The van der Waals surface area contributed by atoms with Crippen LogP contribution in [0.25, 0.3) is 0 Å². The van der Waals surface area contributed by atoms with E-state index in [1.54, 1.807) is 0 Å². The van der Waals surface area contributed by atoms with Crippen LogP contribution >= 0.6 is 0 Å². The fourth-order valence-corrected chi connectivity index (χ4v) is 3.76. The third kappa shape index (κ3) is 1.45. The van der Waals surface area contributed by atoms with Crippen LogP contribution in [-0.4, -0.2) is 0 Å². The molecule has 0 aromatic rings. The van der Waals surface area contributed by atoms with Crippen molar-refractivity contribution in [3.63, 3.8) is 0 Å². The Morgan fingerprint density at radius 1 is 1.21 bits per heavy atom. The highest BCUT2D eigenvalue weighted by molar-refractivity contribution is 5.02. The molecule has 3 aliphatic rings. The molecule has 0 saturated heterocycles. The molecule has 2 bridgehead atoms. The van der Waals surface area contributed by atoms with Crippen LogP contribution in [0.3, 0.4) is 0 Å². The van der Waals surface area contributed by atoms with E-state index in [1.807, 2.05) is 0 Å². The van der Waals surface area contributed by atoms with E-state index in [0.29, 0.717) is 11.8 Å². The van der Waals surface area contributed by atoms with Crippen molar-refractivity contribution in [2.24, 2.45) is 35.5 Å². The molecule has 14 heavy (non-hydrogen) atoms. The van der Waals surface area contributed by atoms with Gasteiger partial charge in [-0.1, -0.05) is 20.8 Å². The van der Waals surface area contributed by atoms with Gasteiger partial charge in [-0.05, 0) is 48.9 Å². The zero-order valence-corrected chi connectivity index (χ0v) is 9.53. The summed E-state index contributed by atoms with van der Waals surface area (Å²) in [4.78, 5) is 0. The number of nitriles is 1. The fourth-order valence-electron chi connectivity index (χ4n) is 3.76.